The lowest BCUT2D eigenvalue weighted by atomic mass is 9.93. The predicted molar refractivity (Wildman–Crippen MR) is 63.3 cm³/mol. The maximum absolute atomic E-state index is 12.0. The van der Waals surface area contributed by atoms with Crippen molar-refractivity contribution in [3.8, 4) is 0 Å². The van der Waals surface area contributed by atoms with Gasteiger partial charge in [0.05, 0.1) is 11.6 Å². The number of carbonyl (C=O) groups excluding carboxylic acids is 1. The van der Waals surface area contributed by atoms with Crippen molar-refractivity contribution in [2.45, 2.75) is 30.6 Å². The minimum absolute atomic E-state index is 0.286. The SMILES string of the molecule is O=C1C[C@H](c2ccco2)C[C@@H]2SCCCN12. The topological polar surface area (TPSA) is 33.5 Å². The van der Waals surface area contributed by atoms with Crippen LogP contribution in [0.1, 0.15) is 30.9 Å². The number of nitrogens with zero attached hydrogens (tertiary/aromatic N) is 1. The molecule has 2 aliphatic heterocycles. The Labute approximate surface area is 99.2 Å². The summed E-state index contributed by atoms with van der Waals surface area (Å²) in [6.45, 7) is 0.946. The number of furan rings is 1. The van der Waals surface area contributed by atoms with Gasteiger partial charge in [-0.25, -0.2) is 0 Å². The maximum atomic E-state index is 12.0. The molecular formula is C12H15NO2S. The smallest absolute Gasteiger partial charge is 0.224 e. The van der Waals surface area contributed by atoms with Gasteiger partial charge in [0.15, 0.2) is 0 Å². The third-order valence-corrected chi connectivity index (χ3v) is 4.73. The van der Waals surface area contributed by atoms with Gasteiger partial charge >= 0.3 is 0 Å². The van der Waals surface area contributed by atoms with Gasteiger partial charge < -0.3 is 9.32 Å². The Bertz CT molecular complexity index is 376. The molecule has 0 unspecified atom stereocenters. The molecule has 4 heteroatoms. The first-order chi connectivity index (χ1) is 7.84. The van der Waals surface area contributed by atoms with E-state index in [1.807, 2.05) is 28.8 Å². The van der Waals surface area contributed by atoms with Crippen molar-refractivity contribution in [1.29, 1.82) is 0 Å². The average Bonchev–Trinajstić information content (AvgIpc) is 2.82. The van der Waals surface area contributed by atoms with Crippen LogP contribution in [0.5, 0.6) is 0 Å². The van der Waals surface area contributed by atoms with Crippen LogP contribution in [0, 0.1) is 0 Å². The number of thioether (sulfide) groups is 1. The number of fused-ring (bicyclic) bond motifs is 1. The minimum atomic E-state index is 0.286. The van der Waals surface area contributed by atoms with E-state index in [1.165, 1.54) is 5.75 Å². The first-order valence-electron chi connectivity index (χ1n) is 5.79. The number of piperidine rings is 1. The molecule has 1 aromatic heterocycles. The fourth-order valence-electron chi connectivity index (χ4n) is 2.56. The van der Waals surface area contributed by atoms with Crippen LogP contribution in [0.3, 0.4) is 0 Å². The van der Waals surface area contributed by atoms with Crippen LogP contribution in [0.25, 0.3) is 0 Å². The third-order valence-electron chi connectivity index (χ3n) is 3.37. The molecule has 2 saturated heterocycles. The van der Waals surface area contributed by atoms with E-state index in [-0.39, 0.29) is 5.92 Å². The highest BCUT2D eigenvalue weighted by molar-refractivity contribution is 7.99. The van der Waals surface area contributed by atoms with Crippen molar-refractivity contribution in [2.24, 2.45) is 0 Å². The molecule has 1 amide bonds. The molecule has 0 N–H and O–H groups in total. The molecule has 2 atom stereocenters. The zero-order valence-electron chi connectivity index (χ0n) is 9.09. The normalized spacial score (nSPS) is 30.2. The molecule has 3 heterocycles. The van der Waals surface area contributed by atoms with Gasteiger partial charge in [-0.3, -0.25) is 4.79 Å². The highest BCUT2D eigenvalue weighted by atomic mass is 32.2. The molecule has 0 aromatic carbocycles. The summed E-state index contributed by atoms with van der Waals surface area (Å²) in [5, 5.41) is 0.380. The van der Waals surface area contributed by atoms with Gasteiger partial charge in [-0.1, -0.05) is 0 Å². The standard InChI is InChI=1S/C12H15NO2S/c14-11-7-9(10-3-1-5-15-10)8-12-13(11)4-2-6-16-12/h1,3,5,9,12H,2,4,6-8H2/t9-,12-/m0/s1. The Morgan fingerprint density at radius 1 is 1.50 bits per heavy atom. The lowest BCUT2D eigenvalue weighted by Gasteiger charge is -2.41. The largest absolute Gasteiger partial charge is 0.469 e. The number of hydrogen-bond acceptors (Lipinski definition) is 3. The molecule has 16 heavy (non-hydrogen) atoms. The molecule has 0 saturated carbocycles. The highest BCUT2D eigenvalue weighted by Gasteiger charge is 2.37. The third kappa shape index (κ3) is 1.75. The summed E-state index contributed by atoms with van der Waals surface area (Å²) in [6, 6.07) is 3.89. The fraction of sp³-hybridized carbons (Fsp3) is 0.583. The van der Waals surface area contributed by atoms with Gasteiger partial charge in [-0.05, 0) is 30.7 Å². The van der Waals surface area contributed by atoms with E-state index in [4.69, 9.17) is 4.42 Å². The predicted octanol–water partition coefficient (Wildman–Crippen LogP) is 2.45. The Morgan fingerprint density at radius 3 is 3.25 bits per heavy atom. The summed E-state index contributed by atoms with van der Waals surface area (Å²) in [6.07, 6.45) is 4.49. The number of hydrogen-bond donors (Lipinski definition) is 0. The van der Waals surface area contributed by atoms with Crippen molar-refractivity contribution in [3.05, 3.63) is 24.2 Å². The molecular weight excluding hydrogens is 222 g/mol. The van der Waals surface area contributed by atoms with Gasteiger partial charge in [0.1, 0.15) is 5.76 Å². The van der Waals surface area contributed by atoms with E-state index < -0.39 is 0 Å². The first-order valence-corrected chi connectivity index (χ1v) is 6.84. The van der Waals surface area contributed by atoms with Gasteiger partial charge in [0, 0.05) is 18.9 Å². The number of carbonyl (C=O) groups is 1. The molecule has 3 rings (SSSR count). The second-order valence-corrected chi connectivity index (χ2v) is 5.70. The Hall–Kier alpha value is -0.900. The Morgan fingerprint density at radius 2 is 2.44 bits per heavy atom. The number of rotatable bonds is 1. The van der Waals surface area contributed by atoms with Gasteiger partial charge in [-0.15, -0.1) is 11.8 Å². The zero-order valence-corrected chi connectivity index (χ0v) is 9.91. The molecule has 0 radical (unpaired) electrons. The van der Waals surface area contributed by atoms with Gasteiger partial charge in [0.2, 0.25) is 5.91 Å². The molecule has 2 aliphatic rings. The van der Waals surface area contributed by atoms with Crippen molar-refractivity contribution in [3.63, 3.8) is 0 Å². The highest BCUT2D eigenvalue weighted by Crippen LogP contribution is 2.39. The van der Waals surface area contributed by atoms with E-state index in [0.717, 1.165) is 25.1 Å². The van der Waals surface area contributed by atoms with Crippen LogP contribution in [-0.4, -0.2) is 28.5 Å². The molecule has 0 spiro atoms. The second-order valence-electron chi connectivity index (χ2n) is 4.42. The van der Waals surface area contributed by atoms with E-state index in [0.29, 0.717) is 17.7 Å². The van der Waals surface area contributed by atoms with Gasteiger partial charge in [0.25, 0.3) is 0 Å². The lowest BCUT2D eigenvalue weighted by Crippen LogP contribution is -2.47. The van der Waals surface area contributed by atoms with E-state index >= 15 is 0 Å². The van der Waals surface area contributed by atoms with Crippen LogP contribution in [-0.2, 0) is 4.79 Å². The summed E-state index contributed by atoms with van der Waals surface area (Å²) < 4.78 is 5.42. The molecule has 0 aliphatic carbocycles. The Kier molecular flexibility index (Phi) is 2.67. The molecule has 0 bridgehead atoms. The van der Waals surface area contributed by atoms with E-state index in [1.54, 1.807) is 6.26 Å². The van der Waals surface area contributed by atoms with Crippen molar-refractivity contribution in [2.75, 3.05) is 12.3 Å². The Balaban J connectivity index is 1.78. The van der Waals surface area contributed by atoms with Crippen LogP contribution in [0.15, 0.2) is 22.8 Å². The van der Waals surface area contributed by atoms with E-state index in [9.17, 15) is 4.79 Å². The first kappa shape index (κ1) is 10.3. The summed E-state index contributed by atoms with van der Waals surface area (Å²) >= 11 is 1.92. The average molecular weight is 237 g/mol. The summed E-state index contributed by atoms with van der Waals surface area (Å²) in [5.41, 5.74) is 0. The maximum Gasteiger partial charge on any atom is 0.224 e. The van der Waals surface area contributed by atoms with Crippen LogP contribution >= 0.6 is 11.8 Å². The van der Waals surface area contributed by atoms with Crippen LogP contribution in [0.4, 0.5) is 0 Å². The van der Waals surface area contributed by atoms with Crippen molar-refractivity contribution >= 4 is 17.7 Å². The molecule has 86 valence electrons. The van der Waals surface area contributed by atoms with E-state index in [2.05, 4.69) is 0 Å². The van der Waals surface area contributed by atoms with Crippen LogP contribution < -0.4 is 0 Å². The quantitative estimate of drug-likeness (QED) is 0.752. The number of amides is 1. The fourth-order valence-corrected chi connectivity index (χ4v) is 3.90. The summed E-state index contributed by atoms with van der Waals surface area (Å²) in [5.74, 6) is 2.73. The zero-order chi connectivity index (χ0) is 11.0. The molecule has 1 aromatic rings. The summed E-state index contributed by atoms with van der Waals surface area (Å²) in [4.78, 5) is 14.1. The van der Waals surface area contributed by atoms with Crippen LogP contribution in [0.2, 0.25) is 0 Å². The van der Waals surface area contributed by atoms with Crippen molar-refractivity contribution < 1.29 is 9.21 Å². The lowest BCUT2D eigenvalue weighted by molar-refractivity contribution is -0.135. The van der Waals surface area contributed by atoms with Gasteiger partial charge in [-0.2, -0.15) is 0 Å². The molecule has 2 fully saturated rings. The minimum Gasteiger partial charge on any atom is -0.469 e. The summed E-state index contributed by atoms with van der Waals surface area (Å²) in [7, 11) is 0. The van der Waals surface area contributed by atoms with Crippen molar-refractivity contribution in [1.82, 2.24) is 4.90 Å². The monoisotopic (exact) mass is 237 g/mol. The molecule has 3 nitrogen and oxygen atoms in total. The second kappa shape index (κ2) is 4.17.